The van der Waals surface area contributed by atoms with Crippen LogP contribution in [0.1, 0.15) is 25.6 Å². The zero-order valence-electron chi connectivity index (χ0n) is 18.2. The van der Waals surface area contributed by atoms with E-state index in [4.69, 9.17) is 0 Å². The summed E-state index contributed by atoms with van der Waals surface area (Å²) in [5.41, 5.74) is 2.16. The third-order valence-electron chi connectivity index (χ3n) is 4.98. The number of nitrogens with one attached hydrogen (secondary N) is 2. The van der Waals surface area contributed by atoms with E-state index in [1.807, 2.05) is 38.1 Å². The molecule has 2 aromatic carbocycles. The second-order valence-electron chi connectivity index (χ2n) is 7.33. The number of hydrogen-bond acceptors (Lipinski definition) is 4. The summed E-state index contributed by atoms with van der Waals surface area (Å²) in [5.74, 6) is 1.83. The summed E-state index contributed by atoms with van der Waals surface area (Å²) in [5, 5.41) is 6.45. The Morgan fingerprint density at radius 2 is 1.77 bits per heavy atom. The maximum atomic E-state index is 12.4. The lowest BCUT2D eigenvalue weighted by Gasteiger charge is -2.12. The van der Waals surface area contributed by atoms with Gasteiger partial charge in [0, 0.05) is 26.2 Å². The Kier molecular flexibility index (Phi) is 8.06. The average Bonchev–Trinajstić information content (AvgIpc) is 3.09. The molecular formula is C23H31N5O2S. The quantitative estimate of drug-likeness (QED) is 0.287. The van der Waals surface area contributed by atoms with Crippen LogP contribution >= 0.6 is 0 Å². The van der Waals surface area contributed by atoms with Crippen LogP contribution in [-0.2, 0) is 16.4 Å². The summed E-state index contributed by atoms with van der Waals surface area (Å²) in [4.78, 5) is 9.60. The zero-order chi connectivity index (χ0) is 22.1. The van der Waals surface area contributed by atoms with E-state index in [0.717, 1.165) is 36.4 Å². The number of para-hydroxylation sites is 2. The smallest absolute Gasteiger partial charge is 0.191 e. The van der Waals surface area contributed by atoms with Gasteiger partial charge in [0.1, 0.15) is 5.82 Å². The Hall–Kier alpha value is -2.87. The van der Waals surface area contributed by atoms with Crippen LogP contribution in [0.25, 0.3) is 11.0 Å². The molecule has 31 heavy (non-hydrogen) atoms. The summed E-state index contributed by atoms with van der Waals surface area (Å²) in [6.07, 6.45) is 1.40. The van der Waals surface area contributed by atoms with Crippen LogP contribution in [0.15, 0.2) is 64.5 Å². The Labute approximate surface area is 184 Å². The van der Waals surface area contributed by atoms with Gasteiger partial charge in [0.25, 0.3) is 0 Å². The van der Waals surface area contributed by atoms with Crippen molar-refractivity contribution >= 4 is 26.8 Å². The number of nitrogens with zero attached hydrogens (tertiary/aromatic N) is 3. The molecule has 0 amide bonds. The Morgan fingerprint density at radius 3 is 2.55 bits per heavy atom. The molecule has 7 nitrogen and oxygen atoms in total. The van der Waals surface area contributed by atoms with Gasteiger partial charge in [-0.25, -0.2) is 13.4 Å². The molecule has 0 bridgehead atoms. The first-order chi connectivity index (χ1) is 15.0. The summed E-state index contributed by atoms with van der Waals surface area (Å²) in [6, 6.07) is 16.7. The minimum atomic E-state index is -3.25. The summed E-state index contributed by atoms with van der Waals surface area (Å²) in [6.45, 7) is 6.85. The third-order valence-corrected chi connectivity index (χ3v) is 6.80. The van der Waals surface area contributed by atoms with Gasteiger partial charge >= 0.3 is 0 Å². The van der Waals surface area contributed by atoms with Crippen LogP contribution in [0.3, 0.4) is 0 Å². The Morgan fingerprint density at radius 1 is 1.03 bits per heavy atom. The molecule has 0 saturated carbocycles. The highest BCUT2D eigenvalue weighted by molar-refractivity contribution is 7.91. The van der Waals surface area contributed by atoms with E-state index < -0.39 is 9.84 Å². The number of guanidine groups is 1. The van der Waals surface area contributed by atoms with E-state index >= 15 is 0 Å². The molecule has 0 aliphatic rings. The van der Waals surface area contributed by atoms with E-state index in [2.05, 4.69) is 31.2 Å². The van der Waals surface area contributed by atoms with Gasteiger partial charge in [0.05, 0.1) is 21.7 Å². The van der Waals surface area contributed by atoms with Crippen molar-refractivity contribution in [2.75, 3.05) is 25.4 Å². The molecule has 0 radical (unpaired) electrons. The van der Waals surface area contributed by atoms with E-state index in [1.165, 1.54) is 0 Å². The fourth-order valence-corrected chi connectivity index (χ4v) is 4.79. The van der Waals surface area contributed by atoms with Crippen molar-refractivity contribution in [1.82, 2.24) is 20.2 Å². The first-order valence-electron chi connectivity index (χ1n) is 10.7. The molecular weight excluding hydrogens is 410 g/mol. The average molecular weight is 442 g/mol. The molecule has 2 N–H and O–H groups in total. The first kappa shape index (κ1) is 22.8. The first-order valence-corrected chi connectivity index (χ1v) is 12.4. The molecule has 1 aromatic heterocycles. The largest absolute Gasteiger partial charge is 0.357 e. The van der Waals surface area contributed by atoms with Gasteiger partial charge in [-0.05, 0) is 51.0 Å². The van der Waals surface area contributed by atoms with Crippen LogP contribution in [0.5, 0.6) is 0 Å². The molecule has 0 fully saturated rings. The number of sulfone groups is 1. The molecule has 8 heteroatoms. The van der Waals surface area contributed by atoms with Crippen molar-refractivity contribution in [3.63, 3.8) is 0 Å². The molecule has 0 saturated heterocycles. The number of aromatic nitrogens is 2. The van der Waals surface area contributed by atoms with Crippen LogP contribution < -0.4 is 10.6 Å². The van der Waals surface area contributed by atoms with Gasteiger partial charge in [-0.15, -0.1) is 0 Å². The van der Waals surface area contributed by atoms with Crippen molar-refractivity contribution in [3.05, 3.63) is 60.4 Å². The molecule has 0 aliphatic carbocycles. The maximum Gasteiger partial charge on any atom is 0.191 e. The number of aryl methyl sites for hydroxylation is 2. The molecule has 3 rings (SSSR count). The number of aliphatic imine (C=N–C) groups is 1. The van der Waals surface area contributed by atoms with Crippen LogP contribution in [0.4, 0.5) is 0 Å². The normalized spacial score (nSPS) is 12.3. The van der Waals surface area contributed by atoms with Crippen molar-refractivity contribution in [2.24, 2.45) is 4.99 Å². The zero-order valence-corrected chi connectivity index (χ0v) is 19.0. The lowest BCUT2D eigenvalue weighted by atomic mass is 10.3. The molecule has 0 aliphatic heterocycles. The van der Waals surface area contributed by atoms with Gasteiger partial charge < -0.3 is 15.2 Å². The number of fused-ring (bicyclic) bond motifs is 1. The topological polar surface area (TPSA) is 88.4 Å². The monoisotopic (exact) mass is 441 g/mol. The maximum absolute atomic E-state index is 12.4. The van der Waals surface area contributed by atoms with E-state index in [-0.39, 0.29) is 5.75 Å². The number of rotatable bonds is 10. The highest BCUT2D eigenvalue weighted by atomic mass is 32.2. The van der Waals surface area contributed by atoms with E-state index in [0.29, 0.717) is 30.4 Å². The predicted octanol–water partition coefficient (Wildman–Crippen LogP) is 3.15. The lowest BCUT2D eigenvalue weighted by molar-refractivity contribution is 0.592. The summed E-state index contributed by atoms with van der Waals surface area (Å²) in [7, 11) is -3.25. The van der Waals surface area contributed by atoms with Crippen molar-refractivity contribution < 1.29 is 8.42 Å². The molecule has 3 aromatic rings. The summed E-state index contributed by atoms with van der Waals surface area (Å²) < 4.78 is 27.0. The highest BCUT2D eigenvalue weighted by Gasteiger charge is 2.13. The Bertz CT molecular complexity index is 1110. The van der Waals surface area contributed by atoms with E-state index in [9.17, 15) is 8.42 Å². The SMILES string of the molecule is CCNC(=NCCCn1c(C)nc2ccccc21)NCCCS(=O)(=O)c1ccccc1. The van der Waals surface area contributed by atoms with Crippen molar-refractivity contribution in [1.29, 1.82) is 0 Å². The molecule has 0 unspecified atom stereocenters. The fourth-order valence-electron chi connectivity index (χ4n) is 3.45. The van der Waals surface area contributed by atoms with Gasteiger partial charge in [-0.3, -0.25) is 4.99 Å². The second-order valence-corrected chi connectivity index (χ2v) is 9.43. The number of hydrogen-bond donors (Lipinski definition) is 2. The fraction of sp³-hybridized carbons (Fsp3) is 0.391. The minimum Gasteiger partial charge on any atom is -0.357 e. The molecule has 1 heterocycles. The predicted molar refractivity (Wildman–Crippen MR) is 126 cm³/mol. The number of imidazole rings is 1. The molecule has 166 valence electrons. The van der Waals surface area contributed by atoms with Crippen molar-refractivity contribution in [2.45, 2.75) is 38.1 Å². The number of benzene rings is 2. The van der Waals surface area contributed by atoms with E-state index in [1.54, 1.807) is 24.3 Å². The Balaban J connectivity index is 1.47. The van der Waals surface area contributed by atoms with Gasteiger partial charge in [-0.1, -0.05) is 30.3 Å². The molecule has 0 atom stereocenters. The lowest BCUT2D eigenvalue weighted by Crippen LogP contribution is -2.38. The summed E-state index contributed by atoms with van der Waals surface area (Å²) >= 11 is 0. The van der Waals surface area contributed by atoms with Crippen molar-refractivity contribution in [3.8, 4) is 0 Å². The van der Waals surface area contributed by atoms with Gasteiger partial charge in [0.15, 0.2) is 15.8 Å². The third kappa shape index (κ3) is 6.30. The van der Waals surface area contributed by atoms with Crippen LogP contribution in [0.2, 0.25) is 0 Å². The molecule has 0 spiro atoms. The van der Waals surface area contributed by atoms with Gasteiger partial charge in [0.2, 0.25) is 0 Å². The minimum absolute atomic E-state index is 0.108. The van der Waals surface area contributed by atoms with Gasteiger partial charge in [-0.2, -0.15) is 0 Å². The second kappa shape index (κ2) is 10.9. The standard InChI is InChI=1S/C23H31N5O2S/c1-3-24-23(26-16-10-18-31(29,30)20-11-5-4-6-12-20)25-15-9-17-28-19(2)27-21-13-7-8-14-22(21)28/h4-8,11-14H,3,9-10,15-18H2,1-2H3,(H2,24,25,26). The highest BCUT2D eigenvalue weighted by Crippen LogP contribution is 2.15. The van der Waals surface area contributed by atoms with Crippen LogP contribution in [0, 0.1) is 6.92 Å². The van der Waals surface area contributed by atoms with Crippen LogP contribution in [-0.4, -0.2) is 49.3 Å².